The van der Waals surface area contributed by atoms with Crippen molar-refractivity contribution in [1.29, 1.82) is 0 Å². The number of hydrogen-bond donors (Lipinski definition) is 2. The van der Waals surface area contributed by atoms with Crippen molar-refractivity contribution in [3.8, 4) is 5.75 Å². The Labute approximate surface area is 177 Å². The number of rotatable bonds is 9. The summed E-state index contributed by atoms with van der Waals surface area (Å²) in [6, 6.07) is 26.8. The monoisotopic (exact) mass is 402 g/mol. The third-order valence-electron chi connectivity index (χ3n) is 4.80. The molecule has 3 aromatic carbocycles. The fourth-order valence-corrected chi connectivity index (χ4v) is 3.27. The largest absolute Gasteiger partial charge is 0.497 e. The topological polar surface area (TPSA) is 67.4 Å². The van der Waals surface area contributed by atoms with Gasteiger partial charge in [0.15, 0.2) is 0 Å². The number of methoxy groups -OCH3 is 1. The third kappa shape index (κ3) is 5.95. The quantitative estimate of drug-likeness (QED) is 0.540. The summed E-state index contributed by atoms with van der Waals surface area (Å²) in [6.45, 7) is 0.736. The van der Waals surface area contributed by atoms with Gasteiger partial charge in [-0.25, -0.2) is 0 Å². The first-order valence-corrected chi connectivity index (χ1v) is 9.94. The molecule has 0 aliphatic rings. The van der Waals surface area contributed by atoms with Gasteiger partial charge in [0.05, 0.1) is 19.4 Å². The van der Waals surface area contributed by atoms with E-state index in [9.17, 15) is 9.59 Å². The van der Waals surface area contributed by atoms with E-state index in [2.05, 4.69) is 10.6 Å². The highest BCUT2D eigenvalue weighted by atomic mass is 16.5. The molecule has 5 nitrogen and oxygen atoms in total. The molecule has 0 radical (unpaired) electrons. The molecule has 5 heteroatoms. The van der Waals surface area contributed by atoms with Gasteiger partial charge in [-0.3, -0.25) is 9.59 Å². The molecule has 2 N–H and O–H groups in total. The molecule has 0 saturated carbocycles. The third-order valence-corrected chi connectivity index (χ3v) is 4.80. The molecule has 30 heavy (non-hydrogen) atoms. The second-order valence-electron chi connectivity index (χ2n) is 6.92. The minimum Gasteiger partial charge on any atom is -0.497 e. The van der Waals surface area contributed by atoms with Gasteiger partial charge in [-0.1, -0.05) is 72.8 Å². The summed E-state index contributed by atoms with van der Waals surface area (Å²) in [6.07, 6.45) is 0.286. The minimum absolute atomic E-state index is 0.0860. The average molecular weight is 402 g/mol. The van der Waals surface area contributed by atoms with Crippen LogP contribution in [0.1, 0.15) is 22.6 Å². The molecule has 2 amide bonds. The Kier molecular flexibility index (Phi) is 7.61. The molecule has 0 saturated heterocycles. The molecule has 0 aromatic heterocycles. The molecule has 0 heterocycles. The van der Waals surface area contributed by atoms with E-state index in [-0.39, 0.29) is 24.2 Å². The Hall–Kier alpha value is -3.60. The number of hydrogen-bond acceptors (Lipinski definition) is 3. The van der Waals surface area contributed by atoms with Crippen molar-refractivity contribution >= 4 is 11.8 Å². The lowest BCUT2D eigenvalue weighted by Crippen LogP contribution is -2.37. The standard InChI is InChI=1S/C25H26N2O3/c1-30-22-14-12-19(13-15-22)18-23(28)26-16-17-27-25(29)24(20-8-4-2-5-9-20)21-10-6-3-7-11-21/h2-15,24H,16-18H2,1H3,(H,26,28)(H,27,29). The van der Waals surface area contributed by atoms with Crippen molar-refractivity contribution < 1.29 is 14.3 Å². The predicted molar refractivity (Wildman–Crippen MR) is 117 cm³/mol. The fraction of sp³-hybridized carbons (Fsp3) is 0.200. The van der Waals surface area contributed by atoms with Crippen LogP contribution in [0.15, 0.2) is 84.9 Å². The van der Waals surface area contributed by atoms with Crippen LogP contribution in [0.4, 0.5) is 0 Å². The summed E-state index contributed by atoms with van der Waals surface area (Å²) in [7, 11) is 1.61. The zero-order chi connectivity index (χ0) is 21.2. The molecule has 0 spiro atoms. The maximum Gasteiger partial charge on any atom is 0.232 e. The molecule has 0 fully saturated rings. The van der Waals surface area contributed by atoms with Gasteiger partial charge >= 0.3 is 0 Å². The van der Waals surface area contributed by atoms with Crippen molar-refractivity contribution in [2.75, 3.05) is 20.2 Å². The van der Waals surface area contributed by atoms with E-state index < -0.39 is 0 Å². The van der Waals surface area contributed by atoms with E-state index in [0.717, 1.165) is 22.4 Å². The van der Waals surface area contributed by atoms with Crippen molar-refractivity contribution in [2.24, 2.45) is 0 Å². The molecule has 3 rings (SSSR count). The van der Waals surface area contributed by atoms with Crippen LogP contribution in [0.2, 0.25) is 0 Å². The van der Waals surface area contributed by atoms with E-state index in [1.807, 2.05) is 84.9 Å². The summed E-state index contributed by atoms with van der Waals surface area (Å²) in [5.41, 5.74) is 2.78. The van der Waals surface area contributed by atoms with Crippen LogP contribution in [-0.4, -0.2) is 32.0 Å². The number of nitrogens with one attached hydrogen (secondary N) is 2. The summed E-state index contributed by atoms with van der Waals surface area (Å²) >= 11 is 0. The fourth-order valence-electron chi connectivity index (χ4n) is 3.27. The molecule has 0 atom stereocenters. The Morgan fingerprint density at radius 1 is 0.767 bits per heavy atom. The molecule has 0 bridgehead atoms. The van der Waals surface area contributed by atoms with Crippen molar-refractivity contribution in [2.45, 2.75) is 12.3 Å². The highest BCUT2D eigenvalue weighted by molar-refractivity contribution is 5.87. The second kappa shape index (κ2) is 10.8. The van der Waals surface area contributed by atoms with Crippen LogP contribution in [-0.2, 0) is 16.0 Å². The maximum atomic E-state index is 12.9. The summed E-state index contributed by atoms with van der Waals surface area (Å²) in [5, 5.41) is 5.79. The highest BCUT2D eigenvalue weighted by Gasteiger charge is 2.22. The van der Waals surface area contributed by atoms with Crippen LogP contribution in [0, 0.1) is 0 Å². The molecule has 154 valence electrons. The maximum absolute atomic E-state index is 12.9. The van der Waals surface area contributed by atoms with Gasteiger partial charge in [-0.05, 0) is 28.8 Å². The number of carbonyl (C=O) groups excluding carboxylic acids is 2. The zero-order valence-corrected chi connectivity index (χ0v) is 17.0. The Morgan fingerprint density at radius 2 is 1.30 bits per heavy atom. The lowest BCUT2D eigenvalue weighted by atomic mass is 9.90. The highest BCUT2D eigenvalue weighted by Crippen LogP contribution is 2.24. The lowest BCUT2D eigenvalue weighted by molar-refractivity contribution is -0.123. The SMILES string of the molecule is COc1ccc(CC(=O)NCCNC(=O)C(c2ccccc2)c2ccccc2)cc1. The minimum atomic E-state index is -0.387. The second-order valence-corrected chi connectivity index (χ2v) is 6.92. The number of carbonyl (C=O) groups is 2. The van der Waals surface area contributed by atoms with Gasteiger partial charge in [0.25, 0.3) is 0 Å². The van der Waals surface area contributed by atoms with E-state index in [4.69, 9.17) is 4.74 Å². The molecular weight excluding hydrogens is 376 g/mol. The lowest BCUT2D eigenvalue weighted by Gasteiger charge is -2.18. The van der Waals surface area contributed by atoms with E-state index >= 15 is 0 Å². The Balaban J connectivity index is 1.51. The summed E-state index contributed by atoms with van der Waals surface area (Å²) in [5.74, 6) is 0.199. The van der Waals surface area contributed by atoms with Crippen LogP contribution in [0.3, 0.4) is 0 Å². The van der Waals surface area contributed by atoms with Gasteiger partial charge in [-0.2, -0.15) is 0 Å². The molecule has 0 aliphatic heterocycles. The van der Waals surface area contributed by atoms with Gasteiger partial charge < -0.3 is 15.4 Å². The summed E-state index contributed by atoms with van der Waals surface area (Å²) < 4.78 is 5.12. The molecule has 0 aliphatic carbocycles. The molecule has 3 aromatic rings. The van der Waals surface area contributed by atoms with Crippen molar-refractivity contribution in [1.82, 2.24) is 10.6 Å². The normalized spacial score (nSPS) is 10.5. The predicted octanol–water partition coefficient (Wildman–Crippen LogP) is 3.30. The first kappa shape index (κ1) is 21.1. The summed E-state index contributed by atoms with van der Waals surface area (Å²) in [4.78, 5) is 25.0. The first-order chi connectivity index (χ1) is 14.7. The van der Waals surface area contributed by atoms with E-state index in [1.165, 1.54) is 0 Å². The zero-order valence-electron chi connectivity index (χ0n) is 17.0. The van der Waals surface area contributed by atoms with Gasteiger partial charge in [0, 0.05) is 13.1 Å². The molecular formula is C25H26N2O3. The van der Waals surface area contributed by atoms with Gasteiger partial charge in [-0.15, -0.1) is 0 Å². The van der Waals surface area contributed by atoms with E-state index in [0.29, 0.717) is 13.1 Å². The Morgan fingerprint density at radius 3 is 1.83 bits per heavy atom. The van der Waals surface area contributed by atoms with E-state index in [1.54, 1.807) is 7.11 Å². The first-order valence-electron chi connectivity index (χ1n) is 9.94. The number of benzene rings is 3. The molecule has 0 unspecified atom stereocenters. The van der Waals surface area contributed by atoms with Gasteiger partial charge in [0.1, 0.15) is 5.75 Å². The average Bonchev–Trinajstić information content (AvgIpc) is 2.79. The number of ether oxygens (including phenoxy) is 1. The number of amides is 2. The van der Waals surface area contributed by atoms with Crippen molar-refractivity contribution in [3.05, 3.63) is 102 Å². The smallest absolute Gasteiger partial charge is 0.232 e. The van der Waals surface area contributed by atoms with Gasteiger partial charge in [0.2, 0.25) is 11.8 Å². The van der Waals surface area contributed by atoms with Crippen LogP contribution in [0.5, 0.6) is 5.75 Å². The van der Waals surface area contributed by atoms with Crippen LogP contribution < -0.4 is 15.4 Å². The van der Waals surface area contributed by atoms with Crippen LogP contribution in [0.25, 0.3) is 0 Å². The Bertz CT molecular complexity index is 902. The van der Waals surface area contributed by atoms with Crippen molar-refractivity contribution in [3.63, 3.8) is 0 Å². The van der Waals surface area contributed by atoms with Crippen LogP contribution >= 0.6 is 0 Å².